The summed E-state index contributed by atoms with van der Waals surface area (Å²) in [5, 5.41) is 6.21. The molecule has 0 radical (unpaired) electrons. The number of aromatic amines is 1. The van der Waals surface area contributed by atoms with Crippen molar-refractivity contribution in [3.05, 3.63) is 12.3 Å². The zero-order valence-corrected chi connectivity index (χ0v) is 12.4. The number of nitrogens with one attached hydrogen (secondary N) is 1. The van der Waals surface area contributed by atoms with Gasteiger partial charge in [-0.15, -0.1) is 0 Å². The number of carbonyl (C=O) groups is 1. The molecule has 1 fully saturated rings. The Hall–Kier alpha value is -1.45. The van der Waals surface area contributed by atoms with Crippen LogP contribution in [0.25, 0.3) is 0 Å². The number of amides is 1. The molecule has 0 aromatic carbocycles. The fourth-order valence-electron chi connectivity index (χ4n) is 2.07. The first kappa shape index (κ1) is 14.9. The summed E-state index contributed by atoms with van der Waals surface area (Å²) in [5.41, 5.74) is 0. The highest BCUT2D eigenvalue weighted by atomic mass is 32.2. The van der Waals surface area contributed by atoms with Gasteiger partial charge in [0, 0.05) is 26.2 Å². The third-order valence-corrected chi connectivity index (χ3v) is 4.96. The van der Waals surface area contributed by atoms with Crippen molar-refractivity contribution < 1.29 is 13.2 Å². The van der Waals surface area contributed by atoms with Gasteiger partial charge in [-0.1, -0.05) is 0 Å². The number of hydrogen-bond acceptors (Lipinski definition) is 5. The molecule has 0 atom stereocenters. The molecule has 2 heterocycles. The molecule has 9 heteroatoms. The molecule has 2 rings (SSSR count). The van der Waals surface area contributed by atoms with Crippen LogP contribution in [0.1, 0.15) is 0 Å². The number of H-pyrrole nitrogens is 1. The minimum Gasteiger partial charge on any atom is -0.339 e. The van der Waals surface area contributed by atoms with Crippen LogP contribution in [0.15, 0.2) is 17.3 Å². The number of likely N-dealkylation sites (N-methyl/N-ethyl adjacent to an activating group) is 1. The number of hydrogen-bond donors (Lipinski definition) is 1. The lowest BCUT2D eigenvalue weighted by Crippen LogP contribution is -2.52. The van der Waals surface area contributed by atoms with Gasteiger partial charge in [-0.2, -0.15) is 9.40 Å². The van der Waals surface area contributed by atoms with Crippen molar-refractivity contribution in [2.45, 2.75) is 5.03 Å². The first-order valence-electron chi connectivity index (χ1n) is 6.33. The second-order valence-corrected chi connectivity index (χ2v) is 6.85. The maximum absolute atomic E-state index is 12.2. The van der Waals surface area contributed by atoms with E-state index in [1.165, 1.54) is 16.6 Å². The van der Waals surface area contributed by atoms with Gasteiger partial charge in [0.05, 0.1) is 12.7 Å². The summed E-state index contributed by atoms with van der Waals surface area (Å²) in [4.78, 5) is 15.4. The highest BCUT2D eigenvalue weighted by Crippen LogP contribution is 2.15. The summed E-state index contributed by atoms with van der Waals surface area (Å²) in [6.45, 7) is 1.79. The summed E-state index contributed by atoms with van der Waals surface area (Å²) in [6.07, 6.45) is 1.41. The fraction of sp³-hybridized carbons (Fsp3) is 0.636. The number of nitrogens with zero attached hydrogens (tertiary/aromatic N) is 4. The van der Waals surface area contributed by atoms with Gasteiger partial charge in [0.2, 0.25) is 5.91 Å². The average molecular weight is 301 g/mol. The van der Waals surface area contributed by atoms with Crippen molar-refractivity contribution in [1.29, 1.82) is 0 Å². The lowest BCUT2D eigenvalue weighted by Gasteiger charge is -2.34. The van der Waals surface area contributed by atoms with Gasteiger partial charge in [0.15, 0.2) is 5.03 Å². The van der Waals surface area contributed by atoms with Crippen LogP contribution in [0.4, 0.5) is 0 Å². The molecule has 0 spiro atoms. The Morgan fingerprint density at radius 3 is 2.50 bits per heavy atom. The van der Waals surface area contributed by atoms with Crippen molar-refractivity contribution in [2.24, 2.45) is 0 Å². The van der Waals surface area contributed by atoms with Crippen LogP contribution < -0.4 is 0 Å². The molecule has 0 unspecified atom stereocenters. The summed E-state index contributed by atoms with van der Waals surface area (Å²) in [7, 11) is 0.136. The van der Waals surface area contributed by atoms with Crippen LogP contribution in [0.3, 0.4) is 0 Å². The maximum Gasteiger partial charge on any atom is 0.260 e. The van der Waals surface area contributed by atoms with Crippen LogP contribution in [0.2, 0.25) is 0 Å². The molecule has 1 aliphatic heterocycles. The topological polar surface area (TPSA) is 89.6 Å². The first-order valence-corrected chi connectivity index (χ1v) is 7.77. The van der Waals surface area contributed by atoms with Gasteiger partial charge in [0.25, 0.3) is 10.0 Å². The summed E-state index contributed by atoms with van der Waals surface area (Å²) >= 11 is 0. The molecule has 20 heavy (non-hydrogen) atoms. The van der Waals surface area contributed by atoms with Crippen molar-refractivity contribution >= 4 is 15.9 Å². The maximum atomic E-state index is 12.2. The van der Waals surface area contributed by atoms with E-state index < -0.39 is 10.0 Å². The zero-order chi connectivity index (χ0) is 14.8. The van der Waals surface area contributed by atoms with E-state index in [0.717, 1.165) is 0 Å². The molecule has 0 saturated carbocycles. The predicted octanol–water partition coefficient (Wildman–Crippen LogP) is -1.20. The monoisotopic (exact) mass is 301 g/mol. The largest absolute Gasteiger partial charge is 0.339 e. The molecule has 0 aliphatic carbocycles. The van der Waals surface area contributed by atoms with Crippen molar-refractivity contribution in [2.75, 3.05) is 46.8 Å². The van der Waals surface area contributed by atoms with E-state index in [0.29, 0.717) is 32.7 Å². The molecule has 1 amide bonds. The van der Waals surface area contributed by atoms with E-state index in [2.05, 4.69) is 10.2 Å². The number of piperazine rings is 1. The molecule has 1 N–H and O–H groups in total. The molecule has 1 aliphatic rings. The normalized spacial score (nSPS) is 17.6. The summed E-state index contributed by atoms with van der Waals surface area (Å²) in [5.74, 6) is 0.0218. The van der Waals surface area contributed by atoms with Gasteiger partial charge in [-0.25, -0.2) is 8.42 Å². The molecule has 1 saturated heterocycles. The van der Waals surface area contributed by atoms with Crippen LogP contribution in [0.5, 0.6) is 0 Å². The van der Waals surface area contributed by atoms with Gasteiger partial charge in [0.1, 0.15) is 0 Å². The number of aromatic nitrogens is 2. The molecular formula is C11H19N5O3S. The van der Waals surface area contributed by atoms with Gasteiger partial charge >= 0.3 is 0 Å². The predicted molar refractivity (Wildman–Crippen MR) is 72.5 cm³/mol. The van der Waals surface area contributed by atoms with E-state index >= 15 is 0 Å². The van der Waals surface area contributed by atoms with Crippen molar-refractivity contribution in [3.63, 3.8) is 0 Å². The first-order chi connectivity index (χ1) is 9.41. The lowest BCUT2D eigenvalue weighted by molar-refractivity contribution is -0.133. The van der Waals surface area contributed by atoms with Crippen LogP contribution in [-0.4, -0.2) is 85.4 Å². The highest BCUT2D eigenvalue weighted by molar-refractivity contribution is 7.89. The number of rotatable bonds is 4. The average Bonchev–Trinajstić information content (AvgIpc) is 2.92. The standard InChI is InChI=1S/C11H19N5O3S/c1-14(2)9-11(17)15-5-7-16(8-6-15)20(18,19)10-3-4-12-13-10/h3-4H,5-9H2,1-2H3,(H,12,13). The molecule has 1 aromatic heterocycles. The Balaban J connectivity index is 1.96. The fourth-order valence-corrected chi connectivity index (χ4v) is 3.40. The van der Waals surface area contributed by atoms with E-state index in [-0.39, 0.29) is 10.9 Å². The van der Waals surface area contributed by atoms with Gasteiger partial charge in [-0.3, -0.25) is 9.89 Å². The Labute approximate surface area is 118 Å². The molecule has 1 aromatic rings. The quantitative estimate of drug-likeness (QED) is 0.755. The lowest BCUT2D eigenvalue weighted by atomic mass is 10.3. The third kappa shape index (κ3) is 3.17. The van der Waals surface area contributed by atoms with Crippen LogP contribution in [0, 0.1) is 0 Å². The van der Waals surface area contributed by atoms with E-state index in [9.17, 15) is 13.2 Å². The summed E-state index contributed by atoms with van der Waals surface area (Å²) < 4.78 is 25.9. The minimum atomic E-state index is -3.52. The van der Waals surface area contributed by atoms with Crippen molar-refractivity contribution in [1.82, 2.24) is 24.3 Å². The smallest absolute Gasteiger partial charge is 0.260 e. The Morgan fingerprint density at radius 1 is 1.35 bits per heavy atom. The summed E-state index contributed by atoms with van der Waals surface area (Å²) in [6, 6.07) is 1.43. The molecule has 0 bridgehead atoms. The van der Waals surface area contributed by atoms with Gasteiger partial charge in [-0.05, 0) is 20.2 Å². The Kier molecular flexibility index (Phi) is 4.41. The van der Waals surface area contributed by atoms with Crippen LogP contribution >= 0.6 is 0 Å². The van der Waals surface area contributed by atoms with Crippen molar-refractivity contribution in [3.8, 4) is 0 Å². The van der Waals surface area contributed by atoms with E-state index in [1.807, 2.05) is 14.1 Å². The second kappa shape index (κ2) is 5.90. The Morgan fingerprint density at radius 2 is 2.00 bits per heavy atom. The molecule has 112 valence electrons. The molecule has 8 nitrogen and oxygen atoms in total. The van der Waals surface area contributed by atoms with Gasteiger partial charge < -0.3 is 9.80 Å². The third-order valence-electron chi connectivity index (χ3n) is 3.14. The SMILES string of the molecule is CN(C)CC(=O)N1CCN(S(=O)(=O)c2ccn[nH]2)CC1. The number of carbonyl (C=O) groups excluding carboxylic acids is 1. The van der Waals surface area contributed by atoms with E-state index in [1.54, 1.807) is 9.80 Å². The van der Waals surface area contributed by atoms with Crippen LogP contribution in [-0.2, 0) is 14.8 Å². The zero-order valence-electron chi connectivity index (χ0n) is 11.6. The Bertz CT molecular complexity index is 547. The number of sulfonamides is 1. The minimum absolute atomic E-state index is 0.0218. The molecular weight excluding hydrogens is 282 g/mol. The van der Waals surface area contributed by atoms with E-state index in [4.69, 9.17) is 0 Å². The highest BCUT2D eigenvalue weighted by Gasteiger charge is 2.30. The second-order valence-electron chi connectivity index (χ2n) is 4.94.